The summed E-state index contributed by atoms with van der Waals surface area (Å²) < 4.78 is 0. The monoisotopic (exact) mass is 153 g/mol. The van der Waals surface area contributed by atoms with E-state index < -0.39 is 0 Å². The van der Waals surface area contributed by atoms with Crippen LogP contribution >= 0.6 is 0 Å². The molecule has 3 heteroatoms. The van der Waals surface area contributed by atoms with Crippen molar-refractivity contribution in [3.63, 3.8) is 0 Å². The molecule has 0 aromatic carbocycles. The van der Waals surface area contributed by atoms with Gasteiger partial charge in [0, 0.05) is 0 Å². The van der Waals surface area contributed by atoms with E-state index in [2.05, 4.69) is 0 Å². The Balaban J connectivity index is -0.0000000160. The van der Waals surface area contributed by atoms with Crippen molar-refractivity contribution in [2.45, 2.75) is 13.8 Å². The minimum absolute atomic E-state index is 0. The zero-order valence-corrected chi connectivity index (χ0v) is 6.50. The average Bonchev–Trinajstić information content (AvgIpc) is 1.39. The summed E-state index contributed by atoms with van der Waals surface area (Å²) in [5.74, 6) is 0. The van der Waals surface area contributed by atoms with Crippen LogP contribution in [-0.4, -0.2) is 12.6 Å². The Bertz CT molecular complexity index is 31.4. The molecule has 2 nitrogen and oxygen atoms in total. The van der Waals surface area contributed by atoms with E-state index in [1.54, 1.807) is 0 Å². The van der Waals surface area contributed by atoms with Crippen molar-refractivity contribution in [2.24, 2.45) is 0 Å². The van der Waals surface area contributed by atoms with Crippen LogP contribution in [0.1, 0.15) is 13.8 Å². The van der Waals surface area contributed by atoms with Gasteiger partial charge in [0.1, 0.15) is 0 Å². The molecule has 0 saturated carbocycles. The van der Waals surface area contributed by atoms with Gasteiger partial charge in [-0.05, 0) is 0 Å². The van der Waals surface area contributed by atoms with Gasteiger partial charge >= 0.3 is 17.4 Å². The SMILES string of the molecule is C[C-]=O.C[C-]=O.[CH3-].[Cr+3]. The van der Waals surface area contributed by atoms with Gasteiger partial charge in [0.25, 0.3) is 0 Å². The van der Waals surface area contributed by atoms with Gasteiger partial charge < -0.3 is 17.0 Å². The van der Waals surface area contributed by atoms with Gasteiger partial charge in [-0.15, -0.1) is 0 Å². The number of carbonyl (C=O) groups excluding carboxylic acids is 2. The fourth-order valence-corrected chi connectivity index (χ4v) is 0. The number of hydrogen-bond donors (Lipinski definition) is 0. The van der Waals surface area contributed by atoms with E-state index in [1.807, 2.05) is 0 Å². The fraction of sp³-hybridized carbons (Fsp3) is 0.400. The van der Waals surface area contributed by atoms with E-state index in [0.29, 0.717) is 0 Å². The maximum Gasteiger partial charge on any atom is 3.00 e. The second-order valence-corrected chi connectivity index (χ2v) is 0.408. The van der Waals surface area contributed by atoms with Crippen molar-refractivity contribution in [2.75, 3.05) is 0 Å². The average molecular weight is 153 g/mol. The smallest absolute Gasteiger partial charge is 0.542 e. The molecule has 47 valence electrons. The number of hydrogen-bond acceptors (Lipinski definition) is 2. The van der Waals surface area contributed by atoms with Crippen LogP contribution in [-0.2, 0) is 27.0 Å². The largest absolute Gasteiger partial charge is 3.00 e. The van der Waals surface area contributed by atoms with E-state index in [-0.39, 0.29) is 24.8 Å². The Labute approximate surface area is 61.4 Å². The molecule has 0 rings (SSSR count). The van der Waals surface area contributed by atoms with Gasteiger partial charge in [-0.3, -0.25) is 12.6 Å². The van der Waals surface area contributed by atoms with Crippen LogP contribution in [0.3, 0.4) is 0 Å². The molecular formula is C5H9CrO2. The maximum atomic E-state index is 8.68. The quantitative estimate of drug-likeness (QED) is 0.479. The third kappa shape index (κ3) is 8570. The van der Waals surface area contributed by atoms with Crippen molar-refractivity contribution in [1.29, 1.82) is 0 Å². The van der Waals surface area contributed by atoms with Gasteiger partial charge in [-0.2, -0.15) is 13.8 Å². The van der Waals surface area contributed by atoms with Gasteiger partial charge in [0.2, 0.25) is 0 Å². The van der Waals surface area contributed by atoms with Crippen molar-refractivity contribution in [3.05, 3.63) is 7.43 Å². The normalized spacial score (nSPS) is 3.25. The van der Waals surface area contributed by atoms with Crippen LogP contribution in [0, 0.1) is 7.43 Å². The molecular weight excluding hydrogens is 144 g/mol. The molecule has 0 spiro atoms. The van der Waals surface area contributed by atoms with Gasteiger partial charge in [0.15, 0.2) is 0 Å². The summed E-state index contributed by atoms with van der Waals surface area (Å²) in [5.41, 5.74) is 0. The topological polar surface area (TPSA) is 34.1 Å². The Morgan fingerprint density at radius 2 is 1.00 bits per heavy atom. The van der Waals surface area contributed by atoms with Crippen molar-refractivity contribution in [1.82, 2.24) is 0 Å². The van der Waals surface area contributed by atoms with Gasteiger partial charge in [-0.25, -0.2) is 0 Å². The van der Waals surface area contributed by atoms with E-state index in [4.69, 9.17) is 9.59 Å². The molecule has 0 fully saturated rings. The van der Waals surface area contributed by atoms with Crippen molar-refractivity contribution in [3.8, 4) is 0 Å². The zero-order chi connectivity index (χ0) is 5.41. The summed E-state index contributed by atoms with van der Waals surface area (Å²) in [4.78, 5) is 17.4. The summed E-state index contributed by atoms with van der Waals surface area (Å²) in [6.07, 6.45) is 3.00. The Kier molecular flexibility index (Phi) is 210. The second-order valence-electron chi connectivity index (χ2n) is 0.408. The van der Waals surface area contributed by atoms with E-state index in [0.717, 1.165) is 0 Å². The first-order valence-electron chi connectivity index (χ1n) is 1.41. The molecule has 1 radical (unpaired) electrons. The third-order valence-corrected chi connectivity index (χ3v) is 0. The summed E-state index contributed by atoms with van der Waals surface area (Å²) in [5, 5.41) is 0. The Hall–Kier alpha value is -0.128. The molecule has 0 aromatic rings. The van der Waals surface area contributed by atoms with Crippen LogP contribution in [0.15, 0.2) is 0 Å². The summed E-state index contributed by atoms with van der Waals surface area (Å²) in [6, 6.07) is 0. The molecule has 0 aromatic heterocycles. The maximum absolute atomic E-state index is 8.68. The van der Waals surface area contributed by atoms with Crippen LogP contribution in [0.2, 0.25) is 0 Å². The standard InChI is InChI=1S/2C2H3O.CH3.Cr/c2*1-2-3;;/h2*1H3;1H3;/q3*-1;+3. The first-order chi connectivity index (χ1) is 2.83. The molecule has 0 unspecified atom stereocenters. The zero-order valence-electron chi connectivity index (χ0n) is 5.22. The molecule has 0 heterocycles. The predicted octanol–water partition coefficient (Wildman–Crippen LogP) is 0.680. The first kappa shape index (κ1) is 24.8. The minimum atomic E-state index is 0. The summed E-state index contributed by atoms with van der Waals surface area (Å²) >= 11 is 0. The van der Waals surface area contributed by atoms with E-state index >= 15 is 0 Å². The minimum Gasteiger partial charge on any atom is -0.542 e. The van der Waals surface area contributed by atoms with E-state index in [9.17, 15) is 0 Å². The van der Waals surface area contributed by atoms with E-state index in [1.165, 1.54) is 26.4 Å². The van der Waals surface area contributed by atoms with Crippen LogP contribution in [0.5, 0.6) is 0 Å². The second kappa shape index (κ2) is 67.6. The molecule has 0 bridgehead atoms. The third-order valence-electron chi connectivity index (χ3n) is 0. The van der Waals surface area contributed by atoms with Crippen LogP contribution in [0.4, 0.5) is 0 Å². The fourth-order valence-electron chi connectivity index (χ4n) is 0. The Morgan fingerprint density at radius 1 is 1.00 bits per heavy atom. The molecule has 0 aliphatic heterocycles. The van der Waals surface area contributed by atoms with Crippen molar-refractivity contribution < 1.29 is 27.0 Å². The molecule has 0 saturated heterocycles. The molecule has 0 atom stereocenters. The molecule has 8 heavy (non-hydrogen) atoms. The predicted molar refractivity (Wildman–Crippen MR) is 29.1 cm³/mol. The molecule has 0 aliphatic carbocycles. The first-order valence-corrected chi connectivity index (χ1v) is 1.41. The molecule has 0 N–H and O–H groups in total. The summed E-state index contributed by atoms with van der Waals surface area (Å²) in [7, 11) is 0. The summed E-state index contributed by atoms with van der Waals surface area (Å²) in [6.45, 7) is 2.64. The number of rotatable bonds is 0. The van der Waals surface area contributed by atoms with Gasteiger partial charge in [0.05, 0.1) is 0 Å². The van der Waals surface area contributed by atoms with Gasteiger partial charge in [-0.1, -0.05) is 0 Å². The molecule has 0 amide bonds. The van der Waals surface area contributed by atoms with Crippen LogP contribution in [0.25, 0.3) is 0 Å². The van der Waals surface area contributed by atoms with Crippen molar-refractivity contribution >= 4 is 12.6 Å². The van der Waals surface area contributed by atoms with Crippen LogP contribution < -0.4 is 0 Å². The molecule has 0 aliphatic rings. The Morgan fingerprint density at radius 3 is 1.00 bits per heavy atom.